The van der Waals surface area contributed by atoms with Gasteiger partial charge in [0.25, 0.3) is 0 Å². The van der Waals surface area contributed by atoms with Gasteiger partial charge in [0.15, 0.2) is 5.82 Å². The largest absolute Gasteiger partial charge is 0.361 e. The summed E-state index contributed by atoms with van der Waals surface area (Å²) in [4.78, 5) is 17.2. The molecule has 5 aromatic rings. The van der Waals surface area contributed by atoms with E-state index in [1.54, 1.807) is 0 Å². The molecule has 7 heteroatoms. The summed E-state index contributed by atoms with van der Waals surface area (Å²) in [6.07, 6.45) is 12.6. The zero-order valence-corrected chi connectivity index (χ0v) is 25.1. The van der Waals surface area contributed by atoms with Crippen molar-refractivity contribution in [3.63, 3.8) is 0 Å². The maximum absolute atomic E-state index is 13.7. The van der Waals surface area contributed by atoms with Crippen LogP contribution in [-0.2, 0) is 37.0 Å². The molecule has 224 valence electrons. The van der Waals surface area contributed by atoms with Crippen molar-refractivity contribution >= 4 is 22.8 Å². The number of benzene rings is 3. The summed E-state index contributed by atoms with van der Waals surface area (Å²) in [6.45, 7) is 2.39. The van der Waals surface area contributed by atoms with Crippen molar-refractivity contribution in [1.29, 1.82) is 0 Å². The summed E-state index contributed by atoms with van der Waals surface area (Å²) in [5.41, 5.74) is 6.26. The molecule has 1 fully saturated rings. The van der Waals surface area contributed by atoms with E-state index in [0.29, 0.717) is 13.0 Å². The summed E-state index contributed by atoms with van der Waals surface area (Å²) in [7, 11) is 0. The average molecular weight is 585 g/mol. The molecule has 0 bridgehead atoms. The highest BCUT2D eigenvalue weighted by molar-refractivity contribution is 5.85. The molecule has 3 heterocycles. The number of aryl methyl sites for hydroxylation is 2. The Morgan fingerprint density at radius 2 is 1.75 bits per heavy atom. The first kappa shape index (κ1) is 28.3. The normalized spacial score (nSPS) is 15.7. The first-order chi connectivity index (χ1) is 21.7. The average Bonchev–Trinajstić information content (AvgIpc) is 3.68. The Morgan fingerprint density at radius 1 is 0.932 bits per heavy atom. The van der Waals surface area contributed by atoms with Gasteiger partial charge in [-0.2, -0.15) is 0 Å². The highest BCUT2D eigenvalue weighted by Crippen LogP contribution is 2.29. The van der Waals surface area contributed by atoms with Crippen LogP contribution < -0.4 is 10.6 Å². The number of allylic oxidation sites excluding steroid dienone is 1. The van der Waals surface area contributed by atoms with Crippen molar-refractivity contribution in [1.82, 2.24) is 30.4 Å². The Hall–Kier alpha value is -4.49. The van der Waals surface area contributed by atoms with E-state index in [1.165, 1.54) is 38.7 Å². The lowest BCUT2D eigenvalue weighted by Gasteiger charge is -2.26. The number of fused-ring (bicyclic) bond motifs is 2. The minimum atomic E-state index is -0.295. The van der Waals surface area contributed by atoms with Crippen LogP contribution in [0.15, 0.2) is 85.1 Å². The molecule has 2 aliphatic rings. The quantitative estimate of drug-likeness (QED) is 0.189. The van der Waals surface area contributed by atoms with Gasteiger partial charge >= 0.3 is 0 Å². The van der Waals surface area contributed by atoms with Gasteiger partial charge in [-0.15, -0.1) is 10.2 Å². The van der Waals surface area contributed by atoms with Crippen molar-refractivity contribution in [3.8, 4) is 0 Å². The van der Waals surface area contributed by atoms with Gasteiger partial charge in [-0.1, -0.05) is 78.9 Å². The van der Waals surface area contributed by atoms with E-state index in [1.807, 2.05) is 0 Å². The fourth-order valence-electron chi connectivity index (χ4n) is 6.83. The minimum absolute atomic E-state index is 0.00816. The molecule has 3 aromatic carbocycles. The molecule has 3 N–H and O–H groups in total. The number of rotatable bonds is 10. The summed E-state index contributed by atoms with van der Waals surface area (Å²) in [5, 5.41) is 19.0. The van der Waals surface area contributed by atoms with Crippen LogP contribution in [0.4, 0.5) is 0 Å². The zero-order chi connectivity index (χ0) is 29.7. The summed E-state index contributed by atoms with van der Waals surface area (Å²) in [5.74, 6) is 1.89. The number of hydrogen-bond acceptors (Lipinski definition) is 4. The lowest BCUT2D eigenvalue weighted by Crippen LogP contribution is -2.41. The topological polar surface area (TPSA) is 87.6 Å². The smallest absolute Gasteiger partial charge is 0.223 e. The molecule has 0 radical (unpaired) electrons. The van der Waals surface area contributed by atoms with E-state index in [9.17, 15) is 4.79 Å². The van der Waals surface area contributed by atoms with Gasteiger partial charge in [0.1, 0.15) is 5.82 Å². The van der Waals surface area contributed by atoms with E-state index >= 15 is 0 Å². The fourth-order valence-corrected chi connectivity index (χ4v) is 6.83. The van der Waals surface area contributed by atoms with Gasteiger partial charge < -0.3 is 20.2 Å². The molecule has 2 aromatic heterocycles. The number of nitrogens with one attached hydrogen (secondary N) is 3. The summed E-state index contributed by atoms with van der Waals surface area (Å²) in [6, 6.07) is 25.3. The molecule has 7 nitrogen and oxygen atoms in total. The second-order valence-electron chi connectivity index (χ2n) is 12.1. The van der Waals surface area contributed by atoms with E-state index in [4.69, 9.17) is 10.2 Å². The van der Waals surface area contributed by atoms with Gasteiger partial charge in [0.2, 0.25) is 5.91 Å². The molecular weight excluding hydrogens is 544 g/mol. The maximum atomic E-state index is 13.7. The van der Waals surface area contributed by atoms with Crippen LogP contribution in [0.2, 0.25) is 0 Å². The van der Waals surface area contributed by atoms with E-state index in [-0.39, 0.29) is 17.9 Å². The Morgan fingerprint density at radius 3 is 2.64 bits per heavy atom. The van der Waals surface area contributed by atoms with Gasteiger partial charge in [-0.3, -0.25) is 4.79 Å². The van der Waals surface area contributed by atoms with Gasteiger partial charge in [-0.25, -0.2) is 0 Å². The first-order valence-electron chi connectivity index (χ1n) is 16.0. The highest BCUT2D eigenvalue weighted by Gasteiger charge is 2.29. The summed E-state index contributed by atoms with van der Waals surface area (Å²) >= 11 is 0. The Balaban J connectivity index is 1.27. The first-order valence-corrected chi connectivity index (χ1v) is 16.0. The van der Waals surface area contributed by atoms with Crippen LogP contribution in [0, 0.1) is 5.92 Å². The third kappa shape index (κ3) is 6.10. The van der Waals surface area contributed by atoms with Crippen LogP contribution in [0.25, 0.3) is 16.8 Å². The lowest BCUT2D eigenvalue weighted by molar-refractivity contribution is -0.126. The molecule has 0 saturated carbocycles. The van der Waals surface area contributed by atoms with Crippen molar-refractivity contribution in [3.05, 3.63) is 125 Å². The van der Waals surface area contributed by atoms with E-state index in [0.717, 1.165) is 63.3 Å². The predicted octanol–water partition coefficient (Wildman–Crippen LogP) is 5.95. The molecule has 1 aliphatic heterocycles. The molecule has 0 unspecified atom stereocenters. The molecule has 0 spiro atoms. The molecule has 1 aliphatic carbocycles. The van der Waals surface area contributed by atoms with E-state index < -0.39 is 0 Å². The highest BCUT2D eigenvalue weighted by atomic mass is 16.2. The number of nitrogens with zero attached hydrogens (tertiary/aromatic N) is 3. The Labute approximate surface area is 258 Å². The maximum Gasteiger partial charge on any atom is 0.223 e. The van der Waals surface area contributed by atoms with Gasteiger partial charge in [-0.05, 0) is 84.3 Å². The van der Waals surface area contributed by atoms with Crippen LogP contribution >= 0.6 is 0 Å². The van der Waals surface area contributed by atoms with Crippen molar-refractivity contribution in [2.75, 3.05) is 13.1 Å². The Kier molecular flexibility index (Phi) is 8.37. The second-order valence-corrected chi connectivity index (χ2v) is 12.1. The van der Waals surface area contributed by atoms with Crippen LogP contribution in [0.5, 0.6) is 0 Å². The van der Waals surface area contributed by atoms with E-state index in [2.05, 4.69) is 111 Å². The zero-order valence-electron chi connectivity index (χ0n) is 25.1. The van der Waals surface area contributed by atoms with Gasteiger partial charge in [0, 0.05) is 30.7 Å². The lowest BCUT2D eigenvalue weighted by atomic mass is 9.94. The fraction of sp³-hybridized carbons (Fsp3) is 0.324. The third-order valence-electron chi connectivity index (χ3n) is 9.27. The molecule has 1 atom stereocenters. The predicted molar refractivity (Wildman–Crippen MR) is 175 cm³/mol. The minimum Gasteiger partial charge on any atom is -0.361 e. The standard InChI is InChI=1S/C37H40N6O/c44-37(28-19-21-38-22-20-28)40-34(23-30-24-39-33-16-7-6-15-32(30)33)36-42-41-35(18-17-26-9-2-1-3-10-26)43(36)25-29-13-8-12-27-11-4-5-14-31(27)29/h1-5,7-14,16,24,28,34,38-39H,6,15,17-23,25H2,(H,40,44)/t34-/m1/s1. The third-order valence-corrected chi connectivity index (χ3v) is 9.27. The number of aromatic nitrogens is 4. The number of carbonyl (C=O) groups is 1. The molecule has 44 heavy (non-hydrogen) atoms. The van der Waals surface area contributed by atoms with Crippen LogP contribution in [0.3, 0.4) is 0 Å². The second kappa shape index (κ2) is 13.0. The number of H-pyrrole nitrogens is 1. The van der Waals surface area contributed by atoms with Crippen molar-refractivity contribution in [2.45, 2.75) is 57.5 Å². The van der Waals surface area contributed by atoms with Crippen molar-refractivity contribution < 1.29 is 4.79 Å². The van der Waals surface area contributed by atoms with Crippen LogP contribution in [-0.4, -0.2) is 38.7 Å². The monoisotopic (exact) mass is 584 g/mol. The summed E-state index contributed by atoms with van der Waals surface area (Å²) < 4.78 is 2.27. The SMILES string of the molecule is O=C(N[C@H](Cc1c[nH]c2c1CCC=C2)c1nnc(CCc2ccccc2)n1Cc1cccc2ccccc12)C1CCNCC1. The number of aromatic amines is 1. The van der Waals surface area contributed by atoms with Gasteiger partial charge in [0.05, 0.1) is 12.6 Å². The molecule has 1 saturated heterocycles. The number of hydrogen-bond donors (Lipinski definition) is 3. The number of piperidine rings is 1. The number of amides is 1. The van der Waals surface area contributed by atoms with Crippen molar-refractivity contribution in [2.24, 2.45) is 5.92 Å². The van der Waals surface area contributed by atoms with Crippen LogP contribution in [0.1, 0.15) is 64.9 Å². The molecular formula is C37H40N6O. The molecule has 1 amide bonds. The Bertz CT molecular complexity index is 1760. The number of carbonyl (C=O) groups excluding carboxylic acids is 1. The molecule has 7 rings (SSSR count).